The maximum Gasteiger partial charge on any atom is 0.350 e. The normalized spacial score (nSPS) is 19.0. The second kappa shape index (κ2) is 11.0. The molecule has 0 unspecified atom stereocenters. The number of anilines is 1. The Morgan fingerprint density at radius 2 is 1.88 bits per heavy atom. The number of aryl methyl sites for hydroxylation is 1. The van der Waals surface area contributed by atoms with E-state index in [4.69, 9.17) is 14.2 Å². The summed E-state index contributed by atoms with van der Waals surface area (Å²) in [5, 5.41) is 11.6. The number of methoxy groups -OCH3 is 1. The van der Waals surface area contributed by atoms with Gasteiger partial charge in [-0.15, -0.1) is 0 Å². The highest BCUT2D eigenvalue weighted by molar-refractivity contribution is 7.17. The predicted octanol–water partition coefficient (Wildman–Crippen LogP) is 4.53. The lowest BCUT2D eigenvalue weighted by atomic mass is 9.94. The molecule has 1 fully saturated rings. The van der Waals surface area contributed by atoms with Gasteiger partial charge in [-0.1, -0.05) is 36.1 Å². The first-order valence-corrected chi connectivity index (χ1v) is 13.5. The van der Waals surface area contributed by atoms with Gasteiger partial charge in [-0.3, -0.25) is 14.5 Å². The number of aliphatic hydroxyl groups is 1. The van der Waals surface area contributed by atoms with Crippen LogP contribution in [0, 0.1) is 6.92 Å². The number of fused-ring (bicyclic) bond motifs is 1. The van der Waals surface area contributed by atoms with Gasteiger partial charge < -0.3 is 19.3 Å². The highest BCUT2D eigenvalue weighted by Gasteiger charge is 2.48. The lowest BCUT2D eigenvalue weighted by Crippen LogP contribution is -2.29. The summed E-state index contributed by atoms with van der Waals surface area (Å²) in [4.78, 5) is 57.4. The number of carbonyl (C=O) groups is 4. The van der Waals surface area contributed by atoms with Crippen molar-refractivity contribution in [2.24, 2.45) is 0 Å². The first-order valence-electron chi connectivity index (χ1n) is 12.7. The number of Topliss-reactive ketones (excluding diaryl/α,β-unsaturated/α-hetero) is 1. The van der Waals surface area contributed by atoms with Gasteiger partial charge in [-0.25, -0.2) is 14.6 Å². The minimum Gasteiger partial charge on any atom is -0.507 e. The molecule has 41 heavy (non-hydrogen) atoms. The quantitative estimate of drug-likeness (QED) is 0.142. The number of ether oxygens (including phenoxy) is 3. The molecule has 0 bridgehead atoms. The summed E-state index contributed by atoms with van der Waals surface area (Å²) >= 11 is 0.895. The Morgan fingerprint density at radius 1 is 1.17 bits per heavy atom. The number of rotatable bonds is 7. The lowest BCUT2D eigenvalue weighted by molar-refractivity contribution is -0.132. The summed E-state index contributed by atoms with van der Waals surface area (Å²) in [5.41, 5.74) is 2.07. The fraction of sp³-hybridized carbons (Fsp3) is 0.233. The molecule has 2 aliphatic rings. The van der Waals surface area contributed by atoms with Gasteiger partial charge in [0.15, 0.2) is 5.13 Å². The minimum atomic E-state index is -1.10. The Hall–Kier alpha value is -4.77. The van der Waals surface area contributed by atoms with Gasteiger partial charge in [0, 0.05) is 12.0 Å². The van der Waals surface area contributed by atoms with Crippen LogP contribution in [0.25, 0.3) is 5.76 Å². The van der Waals surface area contributed by atoms with Crippen LogP contribution in [0.5, 0.6) is 5.75 Å². The van der Waals surface area contributed by atoms with Crippen LogP contribution in [0.2, 0.25) is 0 Å². The number of amides is 1. The first kappa shape index (κ1) is 27.8. The number of hydrogen-bond acceptors (Lipinski definition) is 10. The van der Waals surface area contributed by atoms with Gasteiger partial charge >= 0.3 is 17.8 Å². The van der Waals surface area contributed by atoms with Crippen LogP contribution >= 0.6 is 11.3 Å². The zero-order chi connectivity index (χ0) is 29.4. The van der Waals surface area contributed by atoms with E-state index in [1.165, 1.54) is 25.3 Å². The van der Waals surface area contributed by atoms with Gasteiger partial charge in [-0.05, 0) is 55.3 Å². The molecule has 3 heterocycles. The molecule has 2 atom stereocenters. The highest BCUT2D eigenvalue weighted by atomic mass is 32.1. The fourth-order valence-corrected chi connectivity index (χ4v) is 5.85. The van der Waals surface area contributed by atoms with E-state index in [2.05, 4.69) is 11.6 Å². The number of thiazole rings is 1. The summed E-state index contributed by atoms with van der Waals surface area (Å²) in [6, 6.07) is 10.1. The average Bonchev–Trinajstić information content (AvgIpc) is 3.62. The first-order chi connectivity index (χ1) is 19.6. The van der Waals surface area contributed by atoms with Crippen LogP contribution in [0.4, 0.5) is 5.13 Å². The van der Waals surface area contributed by atoms with Crippen molar-refractivity contribution in [1.82, 2.24) is 4.98 Å². The van der Waals surface area contributed by atoms with Crippen molar-refractivity contribution in [3.63, 3.8) is 0 Å². The second-order valence-electron chi connectivity index (χ2n) is 9.54. The topological polar surface area (TPSA) is 132 Å². The third-order valence-electron chi connectivity index (χ3n) is 6.77. The molecule has 11 heteroatoms. The number of benzene rings is 2. The molecule has 210 valence electrons. The highest BCUT2D eigenvalue weighted by Crippen LogP contribution is 2.44. The summed E-state index contributed by atoms with van der Waals surface area (Å²) in [7, 11) is 1.26. The molecule has 1 saturated heterocycles. The Labute approximate surface area is 239 Å². The van der Waals surface area contributed by atoms with E-state index in [1.54, 1.807) is 37.3 Å². The van der Waals surface area contributed by atoms with E-state index >= 15 is 0 Å². The molecule has 1 aromatic heterocycles. The zero-order valence-corrected chi connectivity index (χ0v) is 23.3. The van der Waals surface area contributed by atoms with Crippen LogP contribution in [-0.2, 0) is 25.5 Å². The van der Waals surface area contributed by atoms with E-state index in [-0.39, 0.29) is 39.6 Å². The van der Waals surface area contributed by atoms with Crippen LogP contribution in [0.1, 0.15) is 55.4 Å². The molecule has 0 spiro atoms. The van der Waals surface area contributed by atoms with Crippen LogP contribution in [-0.4, -0.2) is 53.5 Å². The van der Waals surface area contributed by atoms with Crippen molar-refractivity contribution in [2.45, 2.75) is 32.4 Å². The Morgan fingerprint density at radius 3 is 2.56 bits per heavy atom. The maximum absolute atomic E-state index is 13.5. The average molecular weight is 575 g/mol. The van der Waals surface area contributed by atoms with Crippen molar-refractivity contribution >= 4 is 45.9 Å². The fourth-order valence-electron chi connectivity index (χ4n) is 4.86. The Balaban J connectivity index is 1.65. The van der Waals surface area contributed by atoms with Gasteiger partial charge in [0.05, 0.1) is 30.0 Å². The van der Waals surface area contributed by atoms with E-state index < -0.39 is 29.7 Å². The van der Waals surface area contributed by atoms with Gasteiger partial charge in [0.25, 0.3) is 5.78 Å². The van der Waals surface area contributed by atoms with Crippen molar-refractivity contribution in [2.75, 3.05) is 18.6 Å². The molecule has 3 aromatic rings. The van der Waals surface area contributed by atoms with Crippen molar-refractivity contribution in [3.05, 3.63) is 93.5 Å². The largest absolute Gasteiger partial charge is 0.507 e. The molecule has 10 nitrogen and oxygen atoms in total. The number of ketones is 1. The number of nitrogens with zero attached hydrogens (tertiary/aromatic N) is 2. The summed E-state index contributed by atoms with van der Waals surface area (Å²) in [6.07, 6.45) is 2.03. The number of carbonyl (C=O) groups excluding carboxylic acids is 4. The van der Waals surface area contributed by atoms with E-state index in [0.717, 1.165) is 21.8 Å². The maximum atomic E-state index is 13.5. The molecule has 1 amide bonds. The number of hydrogen-bond donors (Lipinski definition) is 1. The van der Waals surface area contributed by atoms with Crippen molar-refractivity contribution < 1.29 is 38.5 Å². The third-order valence-corrected chi connectivity index (χ3v) is 7.91. The van der Waals surface area contributed by atoms with Gasteiger partial charge in [-0.2, -0.15) is 0 Å². The molecule has 2 aromatic carbocycles. The second-order valence-corrected chi connectivity index (χ2v) is 10.5. The third kappa shape index (κ3) is 5.00. The number of esters is 2. The van der Waals surface area contributed by atoms with Crippen LogP contribution < -0.4 is 9.64 Å². The summed E-state index contributed by atoms with van der Waals surface area (Å²) in [6.45, 7) is 7.05. The molecule has 0 radical (unpaired) electrons. The molecular weight excluding hydrogens is 548 g/mol. The molecule has 1 N–H and O–H groups in total. The minimum absolute atomic E-state index is 0.00679. The zero-order valence-electron chi connectivity index (χ0n) is 22.5. The Bertz CT molecular complexity index is 1620. The lowest BCUT2D eigenvalue weighted by Gasteiger charge is -2.23. The number of aromatic nitrogens is 1. The van der Waals surface area contributed by atoms with Crippen LogP contribution in [0.15, 0.2) is 60.7 Å². The van der Waals surface area contributed by atoms with E-state index in [0.29, 0.717) is 29.0 Å². The molecule has 2 aliphatic heterocycles. The SMILES string of the molecule is C=CCOC(=O)c1sc(N2C(=O)C(=O)C(=C(O)c3ccc4c(c3)C[C@@H](C)O4)[C@H]2c2ccc(C(=O)OC)cc2)nc1C. The van der Waals surface area contributed by atoms with Gasteiger partial charge in [0.2, 0.25) is 0 Å². The predicted molar refractivity (Wildman–Crippen MR) is 150 cm³/mol. The smallest absolute Gasteiger partial charge is 0.350 e. The Kier molecular flexibility index (Phi) is 7.46. The van der Waals surface area contributed by atoms with Gasteiger partial charge in [0.1, 0.15) is 29.1 Å². The van der Waals surface area contributed by atoms with E-state index in [1.807, 2.05) is 6.92 Å². The molecule has 5 rings (SSSR count). The van der Waals surface area contributed by atoms with Crippen LogP contribution in [0.3, 0.4) is 0 Å². The summed E-state index contributed by atoms with van der Waals surface area (Å²) < 4.78 is 15.7. The summed E-state index contributed by atoms with van der Waals surface area (Å²) in [5.74, 6) is -2.72. The molecule has 0 aliphatic carbocycles. The van der Waals surface area contributed by atoms with E-state index in [9.17, 15) is 24.3 Å². The molecule has 0 saturated carbocycles. The number of aliphatic hydroxyl groups excluding tert-OH is 1. The van der Waals surface area contributed by atoms with Crippen molar-refractivity contribution in [1.29, 1.82) is 0 Å². The molecular formula is C30H26N2O8S. The van der Waals surface area contributed by atoms with Crippen molar-refractivity contribution in [3.8, 4) is 5.75 Å². The monoisotopic (exact) mass is 574 g/mol. The standard InChI is InChI=1S/C30H26N2O8S/c1-5-12-39-29(37)26-16(3)31-30(41-26)32-23(17-6-8-18(9-7-17)28(36)38-4)22(25(34)27(32)35)24(33)19-10-11-21-20(14-19)13-15(2)40-21/h5-11,14-15,23,33H,1,12-13H2,2-4H3/t15-,23-/m1/s1.